The lowest BCUT2D eigenvalue weighted by Crippen LogP contribution is -2.65. The summed E-state index contributed by atoms with van der Waals surface area (Å²) >= 11 is 0. The van der Waals surface area contributed by atoms with Gasteiger partial charge in [0.05, 0.1) is 18.8 Å². The summed E-state index contributed by atoms with van der Waals surface area (Å²) in [5.74, 6) is -2.13. The van der Waals surface area contributed by atoms with E-state index >= 15 is 0 Å². The van der Waals surface area contributed by atoms with Crippen LogP contribution in [0, 0.1) is 5.92 Å². The zero-order valence-electron chi connectivity index (χ0n) is 23.8. The Bertz CT molecular complexity index is 1420. The van der Waals surface area contributed by atoms with Crippen molar-refractivity contribution in [2.75, 3.05) is 13.1 Å². The van der Waals surface area contributed by atoms with Gasteiger partial charge in [-0.25, -0.2) is 4.98 Å². The minimum Gasteiger partial charge on any atom is -0.600 e. The third kappa shape index (κ3) is 6.11. The predicted molar refractivity (Wildman–Crippen MR) is 154 cm³/mol. The Morgan fingerprint density at radius 2 is 1.55 bits per heavy atom. The van der Waals surface area contributed by atoms with Crippen LogP contribution in [0.15, 0.2) is 79.3 Å². The van der Waals surface area contributed by atoms with E-state index in [1.807, 2.05) is 74.5 Å². The van der Waals surface area contributed by atoms with Crippen molar-refractivity contribution in [3.8, 4) is 0 Å². The zero-order chi connectivity index (χ0) is 29.7. The number of aromatic nitrogens is 2. The van der Waals surface area contributed by atoms with Gasteiger partial charge < -0.3 is 19.0 Å². The Hall–Kier alpha value is -4.38. The van der Waals surface area contributed by atoms with Crippen LogP contribution in [0.1, 0.15) is 48.3 Å². The maximum atomic E-state index is 14.1. The standard InChI is InChI=1S/C31H35BN4O6/c1-22(2)15-25(32-36(20-29(38)41-32,21-30(39)42-32)19-24-11-7-4-8-12-24)17-28(37)26(16-23-9-5-3-6-10-23)35-31(40)27-18-33-13-14-34-27/h3-14,18,22,25-26H,15-17,19-21H2,1-2H3,(H,35,40)/t25-,26+,32?,36?/m1/s1. The van der Waals surface area contributed by atoms with Crippen LogP contribution in [0.2, 0.25) is 5.82 Å². The Morgan fingerprint density at radius 1 is 0.929 bits per heavy atom. The number of rotatable bonds is 12. The van der Waals surface area contributed by atoms with Gasteiger partial charge in [0, 0.05) is 18.0 Å². The lowest BCUT2D eigenvalue weighted by molar-refractivity contribution is -0.830. The number of carbonyl (C=O) groups excluding carboxylic acids is 4. The van der Waals surface area contributed by atoms with Crippen molar-refractivity contribution in [2.45, 2.75) is 51.5 Å². The molecular formula is C31H35BN4O6. The summed E-state index contributed by atoms with van der Waals surface area (Å²) in [6.45, 7) is 1.81. The zero-order valence-corrected chi connectivity index (χ0v) is 23.8. The fraction of sp³-hybridized carbons (Fsp3) is 0.355. The molecular weight excluding hydrogens is 535 g/mol. The first-order valence-electron chi connectivity index (χ1n) is 14.3. The van der Waals surface area contributed by atoms with E-state index in [4.69, 9.17) is 9.31 Å². The lowest BCUT2D eigenvalue weighted by atomic mass is 9.51. The molecule has 2 atom stereocenters. The van der Waals surface area contributed by atoms with Gasteiger partial charge >= 0.3 is 18.6 Å². The molecule has 2 saturated heterocycles. The molecule has 3 aromatic rings. The molecule has 2 aliphatic rings. The number of benzene rings is 2. The number of amides is 1. The Balaban J connectivity index is 1.48. The molecule has 0 aliphatic carbocycles. The maximum absolute atomic E-state index is 14.1. The van der Waals surface area contributed by atoms with Gasteiger partial charge in [0.25, 0.3) is 5.91 Å². The second kappa shape index (κ2) is 12.2. The van der Waals surface area contributed by atoms with Gasteiger partial charge in [0.1, 0.15) is 18.8 Å². The van der Waals surface area contributed by atoms with Crippen LogP contribution in [0.3, 0.4) is 0 Å². The summed E-state index contributed by atoms with van der Waals surface area (Å²) in [6.07, 6.45) is 4.91. The lowest BCUT2D eigenvalue weighted by Gasteiger charge is -2.47. The van der Waals surface area contributed by atoms with Crippen molar-refractivity contribution < 1.29 is 32.9 Å². The van der Waals surface area contributed by atoms with E-state index in [0.29, 0.717) is 13.0 Å². The van der Waals surface area contributed by atoms with Crippen molar-refractivity contribution in [1.82, 2.24) is 15.3 Å². The van der Waals surface area contributed by atoms with Gasteiger partial charge in [-0.05, 0) is 30.1 Å². The Labute approximate surface area is 245 Å². The molecule has 1 aromatic heterocycles. The summed E-state index contributed by atoms with van der Waals surface area (Å²) in [5.41, 5.74) is 1.90. The van der Waals surface area contributed by atoms with Crippen LogP contribution >= 0.6 is 0 Å². The number of hydrogen-bond acceptors (Lipinski definition) is 8. The number of fused-ring (bicyclic) bond motifs is 1. The number of nitrogens with one attached hydrogen (secondary N) is 1. The molecule has 2 aromatic carbocycles. The number of quaternary nitrogens is 1. The molecule has 1 N–H and O–H groups in total. The summed E-state index contributed by atoms with van der Waals surface area (Å²) in [7, 11) is 0. The van der Waals surface area contributed by atoms with Crippen LogP contribution in [-0.2, 0) is 36.7 Å². The van der Waals surface area contributed by atoms with Crippen LogP contribution in [0.25, 0.3) is 0 Å². The van der Waals surface area contributed by atoms with Gasteiger partial charge in [0.15, 0.2) is 5.78 Å². The van der Waals surface area contributed by atoms with Gasteiger partial charge in [-0.1, -0.05) is 80.9 Å². The minimum atomic E-state index is -2.56. The van der Waals surface area contributed by atoms with Gasteiger partial charge in [-0.3, -0.25) is 24.2 Å². The highest BCUT2D eigenvalue weighted by Gasteiger charge is 2.70. The van der Waals surface area contributed by atoms with E-state index in [1.165, 1.54) is 18.6 Å². The molecule has 0 unspecified atom stereocenters. The Morgan fingerprint density at radius 3 is 2.12 bits per heavy atom. The summed E-state index contributed by atoms with van der Waals surface area (Å²) < 4.78 is 12.1. The molecule has 2 aliphatic heterocycles. The van der Waals surface area contributed by atoms with E-state index in [2.05, 4.69) is 15.3 Å². The third-order valence-electron chi connectivity index (χ3n) is 8.20. The van der Waals surface area contributed by atoms with Crippen LogP contribution in [-0.4, -0.2) is 63.8 Å². The van der Waals surface area contributed by atoms with Crippen molar-refractivity contribution in [1.29, 1.82) is 0 Å². The second-order valence-corrected chi connectivity index (χ2v) is 11.8. The molecule has 1 amide bonds. The van der Waals surface area contributed by atoms with E-state index in [0.717, 1.165) is 11.1 Å². The monoisotopic (exact) mass is 570 g/mol. The topological polar surface area (TPSA) is 125 Å². The van der Waals surface area contributed by atoms with Crippen LogP contribution in [0.4, 0.5) is 0 Å². The molecule has 5 rings (SSSR count). The summed E-state index contributed by atoms with van der Waals surface area (Å²) in [5, 5.41) is 2.85. The number of Topliss-reactive ketones (excluding diaryl/α,β-unsaturated/α-hetero) is 1. The van der Waals surface area contributed by atoms with Gasteiger partial charge in [-0.2, -0.15) is 0 Å². The first kappa shape index (κ1) is 29.1. The molecule has 0 saturated carbocycles. The summed E-state index contributed by atoms with van der Waals surface area (Å²) in [6, 6.07) is 18.1. The summed E-state index contributed by atoms with van der Waals surface area (Å²) in [4.78, 5) is 61.2. The number of nitrogens with zero attached hydrogens (tertiary/aromatic N) is 3. The van der Waals surface area contributed by atoms with Gasteiger partial charge in [0.2, 0.25) is 0 Å². The first-order valence-corrected chi connectivity index (χ1v) is 14.3. The van der Waals surface area contributed by atoms with Crippen molar-refractivity contribution in [2.24, 2.45) is 5.92 Å². The molecule has 10 nitrogen and oxygen atoms in total. The molecule has 3 heterocycles. The molecule has 0 spiro atoms. The Kier molecular flexibility index (Phi) is 8.49. The molecule has 42 heavy (non-hydrogen) atoms. The molecule has 0 bridgehead atoms. The average Bonchev–Trinajstić information content (AvgIpc) is 3.38. The highest BCUT2D eigenvalue weighted by molar-refractivity contribution is 6.67. The maximum Gasteiger partial charge on any atom is 0.587 e. The minimum absolute atomic E-state index is 0.00165. The fourth-order valence-electron chi connectivity index (χ4n) is 6.50. The number of carbonyl (C=O) groups is 4. The third-order valence-corrected chi connectivity index (χ3v) is 8.20. The van der Waals surface area contributed by atoms with E-state index in [-0.39, 0.29) is 47.7 Å². The second-order valence-electron chi connectivity index (χ2n) is 11.8. The number of hydrogen-bond donors (Lipinski definition) is 1. The molecule has 2 fully saturated rings. The molecule has 0 radical (unpaired) electrons. The molecule has 218 valence electrons. The highest BCUT2D eigenvalue weighted by Crippen LogP contribution is 2.48. The normalized spacial score (nSPS) is 22.6. The average molecular weight is 570 g/mol. The quantitative estimate of drug-likeness (QED) is 0.329. The van der Waals surface area contributed by atoms with Crippen LogP contribution in [0.5, 0.6) is 0 Å². The smallest absolute Gasteiger partial charge is 0.587 e. The van der Waals surface area contributed by atoms with E-state index in [9.17, 15) is 19.2 Å². The SMILES string of the molecule is CC(C)C[C@H](CC(=O)[C@H](Cc1ccccc1)NC(=O)c1cnccn1)[B-]12OC(=O)C[N+]1(Cc1ccccc1)CC(=O)O2. The highest BCUT2D eigenvalue weighted by atomic mass is 16.7. The van der Waals surface area contributed by atoms with Crippen molar-refractivity contribution >= 4 is 30.3 Å². The van der Waals surface area contributed by atoms with Crippen molar-refractivity contribution in [3.63, 3.8) is 0 Å². The van der Waals surface area contributed by atoms with Crippen LogP contribution < -0.4 is 5.32 Å². The molecule has 11 heteroatoms. The van der Waals surface area contributed by atoms with Gasteiger partial charge in [-0.15, -0.1) is 0 Å². The first-order chi connectivity index (χ1) is 20.2. The van der Waals surface area contributed by atoms with E-state index < -0.39 is 36.4 Å². The van der Waals surface area contributed by atoms with E-state index in [1.54, 1.807) is 0 Å². The fourth-order valence-corrected chi connectivity index (χ4v) is 6.50. The number of ketones is 1. The predicted octanol–water partition coefficient (Wildman–Crippen LogP) is 3.26. The van der Waals surface area contributed by atoms with Crippen molar-refractivity contribution in [3.05, 3.63) is 96.1 Å². The largest absolute Gasteiger partial charge is 0.600 e.